The van der Waals surface area contributed by atoms with Crippen LogP contribution in [0.2, 0.25) is 5.02 Å². The summed E-state index contributed by atoms with van der Waals surface area (Å²) in [5.41, 5.74) is 1.76. The van der Waals surface area contributed by atoms with Gasteiger partial charge < -0.3 is 9.72 Å². The van der Waals surface area contributed by atoms with E-state index in [1.165, 1.54) is 18.2 Å². The fourth-order valence-corrected chi connectivity index (χ4v) is 6.68. The molecule has 0 saturated heterocycles. The van der Waals surface area contributed by atoms with Crippen LogP contribution < -0.4 is 0 Å². The highest BCUT2D eigenvalue weighted by Gasteiger charge is 2.23. The molecule has 0 spiro atoms. The van der Waals surface area contributed by atoms with Crippen molar-refractivity contribution in [3.05, 3.63) is 57.9 Å². The average Bonchev–Trinajstić information content (AvgIpc) is 3.53. The minimum Gasteiger partial charge on any atom is -0.462 e. The number of H-pyrrole nitrogens is 1. The fraction of sp³-hybridized carbons (Fsp3) is 0.407. The van der Waals surface area contributed by atoms with E-state index < -0.39 is 15.7 Å². The lowest BCUT2D eigenvalue weighted by Crippen LogP contribution is -2.17. The Morgan fingerprint density at radius 1 is 1.22 bits per heavy atom. The van der Waals surface area contributed by atoms with Crippen molar-refractivity contribution in [1.82, 2.24) is 9.97 Å². The maximum atomic E-state index is 13.9. The van der Waals surface area contributed by atoms with Crippen LogP contribution in [0.5, 0.6) is 0 Å². The minimum absolute atomic E-state index is 0.0240. The molecule has 0 amide bonds. The number of ether oxygens (including phenoxy) is 1. The van der Waals surface area contributed by atoms with E-state index in [9.17, 15) is 17.6 Å². The number of rotatable bonds is 10. The van der Waals surface area contributed by atoms with E-state index in [0.29, 0.717) is 40.0 Å². The molecule has 4 rings (SSSR count). The van der Waals surface area contributed by atoms with Crippen molar-refractivity contribution < 1.29 is 22.3 Å². The number of carbonyl (C=O) groups is 1. The molecule has 1 aromatic heterocycles. The predicted octanol–water partition coefficient (Wildman–Crippen LogP) is 7.36. The number of esters is 1. The number of hydrogen-bond acceptors (Lipinski definition) is 5. The molecule has 10 heteroatoms. The van der Waals surface area contributed by atoms with Crippen molar-refractivity contribution in [2.45, 2.75) is 62.9 Å². The zero-order valence-electron chi connectivity index (χ0n) is 20.5. The van der Waals surface area contributed by atoms with E-state index in [1.54, 1.807) is 24.4 Å². The molecule has 37 heavy (non-hydrogen) atoms. The maximum absolute atomic E-state index is 13.9. The summed E-state index contributed by atoms with van der Waals surface area (Å²) in [6.45, 7) is 1.93. The quantitative estimate of drug-likeness (QED) is 0.242. The molecule has 1 atom stereocenters. The van der Waals surface area contributed by atoms with Gasteiger partial charge in [0, 0.05) is 17.5 Å². The van der Waals surface area contributed by atoms with E-state index in [-0.39, 0.29) is 40.1 Å². The lowest BCUT2D eigenvalue weighted by atomic mass is 10.0. The van der Waals surface area contributed by atoms with Gasteiger partial charge in [0.15, 0.2) is 9.84 Å². The summed E-state index contributed by atoms with van der Waals surface area (Å²) in [7, 11) is -3.66. The molecular weight excluding hydrogens is 583 g/mol. The van der Waals surface area contributed by atoms with E-state index in [0.717, 1.165) is 25.7 Å². The zero-order chi connectivity index (χ0) is 26.6. The summed E-state index contributed by atoms with van der Waals surface area (Å²) in [6.07, 6.45) is 6.94. The molecule has 1 unspecified atom stereocenters. The Hall–Kier alpha value is -2.23. The van der Waals surface area contributed by atoms with Crippen molar-refractivity contribution in [2.24, 2.45) is 5.92 Å². The van der Waals surface area contributed by atoms with Crippen LogP contribution in [-0.4, -0.2) is 36.2 Å². The maximum Gasteiger partial charge on any atom is 0.306 e. The number of halogens is 3. The number of nitrogens with one attached hydrogen (secondary N) is 1. The van der Waals surface area contributed by atoms with Gasteiger partial charge in [-0.15, -0.1) is 0 Å². The average molecular weight is 612 g/mol. The van der Waals surface area contributed by atoms with Crippen molar-refractivity contribution in [3.8, 4) is 22.6 Å². The van der Waals surface area contributed by atoms with Crippen molar-refractivity contribution >= 4 is 43.3 Å². The van der Waals surface area contributed by atoms with Crippen LogP contribution >= 0.6 is 27.5 Å². The van der Waals surface area contributed by atoms with E-state index >= 15 is 0 Å². The van der Waals surface area contributed by atoms with Gasteiger partial charge >= 0.3 is 5.97 Å². The third-order valence-electron chi connectivity index (χ3n) is 6.57. The molecule has 2 aromatic carbocycles. The van der Waals surface area contributed by atoms with Crippen LogP contribution in [0.15, 0.2) is 52.0 Å². The van der Waals surface area contributed by atoms with E-state index in [4.69, 9.17) is 16.3 Å². The van der Waals surface area contributed by atoms with Gasteiger partial charge in [0.2, 0.25) is 0 Å². The Morgan fingerprint density at radius 2 is 1.95 bits per heavy atom. The number of nitrogens with zero attached hydrogens (tertiary/aromatic N) is 1. The second-order valence-corrected chi connectivity index (χ2v) is 12.9. The highest BCUT2D eigenvalue weighted by molar-refractivity contribution is 9.10. The smallest absolute Gasteiger partial charge is 0.306 e. The molecule has 1 N–H and O–H groups in total. The van der Waals surface area contributed by atoms with Gasteiger partial charge in [-0.05, 0) is 90.7 Å². The normalized spacial score (nSPS) is 15.1. The summed E-state index contributed by atoms with van der Waals surface area (Å²) >= 11 is 9.41. The first kappa shape index (κ1) is 27.8. The van der Waals surface area contributed by atoms with Gasteiger partial charge in [-0.25, -0.2) is 17.8 Å². The topological polar surface area (TPSA) is 89.1 Å². The predicted molar refractivity (Wildman–Crippen MR) is 146 cm³/mol. The van der Waals surface area contributed by atoms with Crippen LogP contribution in [0, 0.1) is 11.7 Å². The lowest BCUT2D eigenvalue weighted by Gasteiger charge is -2.15. The van der Waals surface area contributed by atoms with Gasteiger partial charge in [0.25, 0.3) is 0 Å². The molecule has 0 radical (unpaired) electrons. The highest BCUT2D eigenvalue weighted by Crippen LogP contribution is 2.31. The molecule has 1 aliphatic carbocycles. The van der Waals surface area contributed by atoms with Crippen LogP contribution in [-0.2, 0) is 19.4 Å². The van der Waals surface area contributed by atoms with E-state index in [1.807, 2.05) is 6.92 Å². The Labute approximate surface area is 230 Å². The molecule has 1 aliphatic rings. The molecule has 1 fully saturated rings. The molecule has 0 aliphatic heterocycles. The molecule has 1 saturated carbocycles. The van der Waals surface area contributed by atoms with Crippen LogP contribution in [0.1, 0.15) is 51.9 Å². The fourth-order valence-electron chi connectivity index (χ4n) is 4.53. The van der Waals surface area contributed by atoms with Gasteiger partial charge in [0.1, 0.15) is 17.7 Å². The first-order valence-electron chi connectivity index (χ1n) is 12.3. The standard InChI is InChI=1S/C27H29BrClFN2O4S/c1-17(13-26(33)36-20-6-2-3-7-20)5-4-12-37(34,35)25-15-19(9-11-22(25)29)27-31-16-24(32-27)18-8-10-21(28)23(30)14-18/h8-11,14-17,20H,2-7,12-13H2,1H3,(H,31,32). The van der Waals surface area contributed by atoms with E-state index in [2.05, 4.69) is 25.9 Å². The van der Waals surface area contributed by atoms with Gasteiger partial charge in [-0.1, -0.05) is 24.6 Å². The lowest BCUT2D eigenvalue weighted by molar-refractivity contribution is -0.149. The third-order valence-corrected chi connectivity index (χ3v) is 9.49. The Morgan fingerprint density at radius 3 is 2.68 bits per heavy atom. The highest BCUT2D eigenvalue weighted by atomic mass is 79.9. The monoisotopic (exact) mass is 610 g/mol. The molecule has 1 heterocycles. The summed E-state index contributed by atoms with van der Waals surface area (Å²) in [6, 6.07) is 9.46. The number of hydrogen-bond donors (Lipinski definition) is 1. The summed E-state index contributed by atoms with van der Waals surface area (Å²) in [5.74, 6) is -0.216. The molecule has 6 nitrogen and oxygen atoms in total. The first-order chi connectivity index (χ1) is 17.6. The van der Waals surface area contributed by atoms with Crippen LogP contribution in [0.3, 0.4) is 0 Å². The second-order valence-electron chi connectivity index (χ2n) is 9.59. The van der Waals surface area contributed by atoms with Crippen LogP contribution in [0.25, 0.3) is 22.6 Å². The number of aromatic amines is 1. The summed E-state index contributed by atoms with van der Waals surface area (Å²) < 4.78 is 46.0. The SMILES string of the molecule is CC(CCCS(=O)(=O)c1cc(-c2ncc(-c3ccc(Br)c(F)c3)[nH]2)ccc1Cl)CC(=O)OC1CCCC1. The first-order valence-corrected chi connectivity index (χ1v) is 15.2. The third kappa shape index (κ3) is 7.21. The van der Waals surface area contributed by atoms with Crippen molar-refractivity contribution in [2.75, 3.05) is 5.75 Å². The Kier molecular flexibility index (Phi) is 9.08. The summed E-state index contributed by atoms with van der Waals surface area (Å²) in [4.78, 5) is 19.6. The Bertz CT molecular complexity index is 1370. The van der Waals surface area contributed by atoms with Gasteiger partial charge in [-0.2, -0.15) is 0 Å². The second kappa shape index (κ2) is 12.1. The van der Waals surface area contributed by atoms with Crippen molar-refractivity contribution in [3.63, 3.8) is 0 Å². The summed E-state index contributed by atoms with van der Waals surface area (Å²) in [5, 5.41) is 0.138. The molecule has 198 valence electrons. The van der Waals surface area contributed by atoms with Gasteiger partial charge in [-0.3, -0.25) is 4.79 Å². The van der Waals surface area contributed by atoms with Crippen molar-refractivity contribution in [1.29, 1.82) is 0 Å². The number of imidazole rings is 1. The molecule has 3 aromatic rings. The zero-order valence-corrected chi connectivity index (χ0v) is 23.6. The Balaban J connectivity index is 1.39. The van der Waals surface area contributed by atoms with Crippen LogP contribution in [0.4, 0.5) is 4.39 Å². The van der Waals surface area contributed by atoms with Gasteiger partial charge in [0.05, 0.1) is 32.0 Å². The number of sulfone groups is 1. The largest absolute Gasteiger partial charge is 0.462 e. The number of benzene rings is 2. The molecular formula is C27H29BrClFN2O4S. The number of aromatic nitrogens is 2. The minimum atomic E-state index is -3.66. The molecule has 0 bridgehead atoms. The number of carbonyl (C=O) groups excluding carboxylic acids is 1.